The van der Waals surface area contributed by atoms with Gasteiger partial charge in [0.05, 0.1) is 5.56 Å². The van der Waals surface area contributed by atoms with Gasteiger partial charge < -0.3 is 4.98 Å². The molecule has 0 spiro atoms. The van der Waals surface area contributed by atoms with Gasteiger partial charge in [0.1, 0.15) is 11.6 Å². The van der Waals surface area contributed by atoms with E-state index in [0.717, 1.165) is 22.1 Å². The third-order valence-electron chi connectivity index (χ3n) is 3.12. The van der Waals surface area contributed by atoms with Gasteiger partial charge in [-0.05, 0) is 30.3 Å². The lowest BCUT2D eigenvalue weighted by Gasteiger charge is -2.04. The van der Waals surface area contributed by atoms with Crippen LogP contribution in [0.4, 0.5) is 8.78 Å². The quantitative estimate of drug-likeness (QED) is 0.574. The second kappa shape index (κ2) is 5.35. The Bertz CT molecular complexity index is 850. The Hall–Kier alpha value is -1.53. The number of halogens is 4. The molecule has 1 aromatic heterocycles. The fourth-order valence-electron chi connectivity index (χ4n) is 2.17. The zero-order valence-corrected chi connectivity index (χ0v) is 13.6. The Balaban J connectivity index is 2.20. The molecule has 0 radical (unpaired) electrons. The first kappa shape index (κ1) is 14.4. The topological polar surface area (TPSA) is 32.9 Å². The van der Waals surface area contributed by atoms with Crippen molar-refractivity contribution in [1.29, 1.82) is 0 Å². The van der Waals surface area contributed by atoms with Crippen LogP contribution < -0.4 is 0 Å². The van der Waals surface area contributed by atoms with Crippen molar-refractivity contribution >= 4 is 48.5 Å². The molecule has 0 fully saturated rings. The molecular formula is C15H7Br2F2NO. The van der Waals surface area contributed by atoms with E-state index in [2.05, 4.69) is 36.8 Å². The molecule has 106 valence electrons. The SMILES string of the molecule is O=C(c1c(F)cc(Br)cc1F)c1c[nH]c2ccc(Br)cc12. The number of hydrogen-bond donors (Lipinski definition) is 1. The molecule has 0 saturated heterocycles. The predicted octanol–water partition coefficient (Wildman–Crippen LogP) is 5.20. The zero-order valence-electron chi connectivity index (χ0n) is 10.4. The van der Waals surface area contributed by atoms with Gasteiger partial charge in [0.15, 0.2) is 0 Å². The Labute approximate surface area is 135 Å². The van der Waals surface area contributed by atoms with Crippen molar-refractivity contribution in [2.24, 2.45) is 0 Å². The number of aromatic nitrogens is 1. The number of aromatic amines is 1. The van der Waals surface area contributed by atoms with E-state index in [4.69, 9.17) is 0 Å². The predicted molar refractivity (Wildman–Crippen MR) is 83.5 cm³/mol. The third-order valence-corrected chi connectivity index (χ3v) is 4.07. The molecule has 2 aromatic carbocycles. The summed E-state index contributed by atoms with van der Waals surface area (Å²) in [6, 6.07) is 7.47. The van der Waals surface area contributed by atoms with Crippen LogP contribution in [0.5, 0.6) is 0 Å². The highest BCUT2D eigenvalue weighted by Crippen LogP contribution is 2.27. The van der Waals surface area contributed by atoms with Crippen LogP contribution in [-0.4, -0.2) is 10.8 Å². The molecule has 21 heavy (non-hydrogen) atoms. The third kappa shape index (κ3) is 2.53. The minimum atomic E-state index is -0.892. The van der Waals surface area contributed by atoms with E-state index in [-0.39, 0.29) is 10.0 Å². The van der Waals surface area contributed by atoms with Crippen molar-refractivity contribution in [3.63, 3.8) is 0 Å². The van der Waals surface area contributed by atoms with Crippen LogP contribution in [0, 0.1) is 11.6 Å². The first-order chi connectivity index (χ1) is 9.97. The highest BCUT2D eigenvalue weighted by molar-refractivity contribution is 9.10. The molecule has 3 aromatic rings. The van der Waals surface area contributed by atoms with Crippen LogP contribution >= 0.6 is 31.9 Å². The Morgan fingerprint density at radius 1 is 1.00 bits per heavy atom. The summed E-state index contributed by atoms with van der Waals surface area (Å²) in [4.78, 5) is 15.4. The Morgan fingerprint density at radius 2 is 1.67 bits per heavy atom. The number of ketones is 1. The maximum atomic E-state index is 13.9. The molecule has 1 heterocycles. The van der Waals surface area contributed by atoms with Crippen LogP contribution in [0.15, 0.2) is 45.5 Å². The van der Waals surface area contributed by atoms with Gasteiger partial charge in [0.2, 0.25) is 5.78 Å². The van der Waals surface area contributed by atoms with Crippen molar-refractivity contribution in [1.82, 2.24) is 4.98 Å². The molecule has 0 saturated carbocycles. The van der Waals surface area contributed by atoms with Crippen LogP contribution in [0.25, 0.3) is 10.9 Å². The van der Waals surface area contributed by atoms with E-state index in [1.807, 2.05) is 6.07 Å². The lowest BCUT2D eigenvalue weighted by Crippen LogP contribution is -2.07. The van der Waals surface area contributed by atoms with Gasteiger partial charge in [-0.2, -0.15) is 0 Å². The molecule has 0 amide bonds. The fraction of sp³-hybridized carbons (Fsp3) is 0. The van der Waals surface area contributed by atoms with Crippen molar-refractivity contribution < 1.29 is 13.6 Å². The molecular weight excluding hydrogens is 408 g/mol. The summed E-state index contributed by atoms with van der Waals surface area (Å²) in [6.07, 6.45) is 1.46. The average Bonchev–Trinajstić information content (AvgIpc) is 2.80. The van der Waals surface area contributed by atoms with Crippen molar-refractivity contribution in [3.05, 3.63) is 68.2 Å². The zero-order chi connectivity index (χ0) is 15.1. The molecule has 0 atom stereocenters. The van der Waals surface area contributed by atoms with Gasteiger partial charge in [-0.1, -0.05) is 31.9 Å². The number of H-pyrrole nitrogens is 1. The standard InChI is InChI=1S/C15H7Br2F2NO/c16-7-1-2-13-9(3-7)10(6-20-13)15(21)14-11(18)4-8(17)5-12(14)19/h1-6,20H. The molecule has 0 unspecified atom stereocenters. The van der Waals surface area contributed by atoms with E-state index in [0.29, 0.717) is 5.39 Å². The summed E-state index contributed by atoms with van der Waals surface area (Å²) >= 11 is 6.31. The highest BCUT2D eigenvalue weighted by Gasteiger charge is 2.22. The minimum Gasteiger partial charge on any atom is -0.360 e. The first-order valence-corrected chi connectivity index (χ1v) is 7.52. The molecule has 6 heteroatoms. The lowest BCUT2D eigenvalue weighted by atomic mass is 10.0. The van der Waals surface area contributed by atoms with Gasteiger partial charge in [-0.25, -0.2) is 8.78 Å². The number of nitrogens with one attached hydrogen (secondary N) is 1. The minimum absolute atomic E-state index is 0.228. The number of carbonyl (C=O) groups excluding carboxylic acids is 1. The fourth-order valence-corrected chi connectivity index (χ4v) is 2.94. The molecule has 0 aliphatic carbocycles. The van der Waals surface area contributed by atoms with Gasteiger partial charge in [0.25, 0.3) is 0 Å². The molecule has 0 aliphatic rings. The number of benzene rings is 2. The van der Waals surface area contributed by atoms with Crippen LogP contribution in [0.1, 0.15) is 15.9 Å². The Morgan fingerprint density at radius 3 is 2.33 bits per heavy atom. The van der Waals surface area contributed by atoms with Crippen LogP contribution in [0.3, 0.4) is 0 Å². The summed E-state index contributed by atoms with van der Waals surface area (Å²) in [7, 11) is 0. The van der Waals surface area contributed by atoms with E-state index >= 15 is 0 Å². The summed E-state index contributed by atoms with van der Waals surface area (Å²) in [5.74, 6) is -2.48. The van der Waals surface area contributed by atoms with Crippen molar-refractivity contribution in [2.75, 3.05) is 0 Å². The van der Waals surface area contributed by atoms with Crippen molar-refractivity contribution in [3.8, 4) is 0 Å². The molecule has 0 bridgehead atoms. The Kier molecular flexibility index (Phi) is 3.67. The van der Waals surface area contributed by atoms with Gasteiger partial charge in [0, 0.05) is 31.6 Å². The summed E-state index contributed by atoms with van der Waals surface area (Å²) < 4.78 is 28.9. The number of carbonyl (C=O) groups is 1. The molecule has 1 N–H and O–H groups in total. The largest absolute Gasteiger partial charge is 0.360 e. The monoisotopic (exact) mass is 413 g/mol. The number of rotatable bonds is 2. The summed E-state index contributed by atoms with van der Waals surface area (Å²) in [5, 5.41) is 0.607. The van der Waals surface area contributed by atoms with E-state index in [9.17, 15) is 13.6 Å². The van der Waals surface area contributed by atoms with Gasteiger partial charge in [-0.15, -0.1) is 0 Å². The molecule has 2 nitrogen and oxygen atoms in total. The van der Waals surface area contributed by atoms with Gasteiger partial charge >= 0.3 is 0 Å². The van der Waals surface area contributed by atoms with Crippen LogP contribution in [-0.2, 0) is 0 Å². The second-order valence-corrected chi connectivity index (χ2v) is 6.30. The number of hydrogen-bond acceptors (Lipinski definition) is 1. The smallest absolute Gasteiger partial charge is 0.201 e. The molecule has 3 rings (SSSR count). The van der Waals surface area contributed by atoms with Gasteiger partial charge in [-0.3, -0.25) is 4.79 Å². The number of fused-ring (bicyclic) bond motifs is 1. The van der Waals surface area contributed by atoms with E-state index in [1.54, 1.807) is 12.1 Å². The maximum Gasteiger partial charge on any atom is 0.201 e. The van der Waals surface area contributed by atoms with E-state index < -0.39 is 23.0 Å². The first-order valence-electron chi connectivity index (χ1n) is 5.93. The highest BCUT2D eigenvalue weighted by atomic mass is 79.9. The average molecular weight is 415 g/mol. The lowest BCUT2D eigenvalue weighted by molar-refractivity contribution is 0.103. The van der Waals surface area contributed by atoms with Crippen LogP contribution in [0.2, 0.25) is 0 Å². The maximum absolute atomic E-state index is 13.9. The second-order valence-electron chi connectivity index (χ2n) is 4.47. The van der Waals surface area contributed by atoms with Crippen molar-refractivity contribution in [2.45, 2.75) is 0 Å². The molecule has 0 aliphatic heterocycles. The summed E-state index contributed by atoms with van der Waals surface area (Å²) in [5.41, 5.74) is 0.393. The summed E-state index contributed by atoms with van der Waals surface area (Å²) in [6.45, 7) is 0. The van der Waals surface area contributed by atoms with E-state index in [1.165, 1.54) is 6.20 Å². The normalized spacial score (nSPS) is 11.0.